The maximum absolute atomic E-state index is 17.1. The fraction of sp³-hybridized carbons (Fsp3) is 0.543. The maximum atomic E-state index is 17.1. The van der Waals surface area contributed by atoms with E-state index in [-0.39, 0.29) is 74.7 Å². The molecule has 11 nitrogen and oxygen atoms in total. The minimum absolute atomic E-state index is 0.00592. The van der Waals surface area contributed by atoms with Gasteiger partial charge in [0.2, 0.25) is 0 Å². The van der Waals surface area contributed by atoms with E-state index < -0.39 is 52.5 Å². The molecule has 7 heterocycles. The summed E-state index contributed by atoms with van der Waals surface area (Å²) in [6.45, 7) is 6.84. The lowest BCUT2D eigenvalue weighted by atomic mass is 9.95. The number of benzene rings is 2. The number of ether oxygens (including phenoxy) is 3. The monoisotopic (exact) mass is 727 g/mol. The van der Waals surface area contributed by atoms with E-state index in [1.807, 2.05) is 4.90 Å². The fourth-order valence-corrected chi connectivity index (χ4v) is 9.74. The number of hydrogen-bond acceptors (Lipinski definition) is 11. The number of nitrogens with two attached hydrogens (primary N) is 1. The van der Waals surface area contributed by atoms with Gasteiger partial charge in [0.25, 0.3) is 0 Å². The molecular weight excluding hydrogens is 690 g/mol. The number of alkyl halides is 1. The van der Waals surface area contributed by atoms with Gasteiger partial charge in [-0.2, -0.15) is 9.97 Å². The van der Waals surface area contributed by atoms with Crippen molar-refractivity contribution in [1.29, 1.82) is 0 Å². The van der Waals surface area contributed by atoms with Crippen LogP contribution in [0.25, 0.3) is 32.2 Å². The first-order chi connectivity index (χ1) is 24.3. The number of carbonyl (C=O) groups excluding carboxylic acids is 1. The fourth-order valence-electron chi connectivity index (χ4n) is 8.97. The summed E-state index contributed by atoms with van der Waals surface area (Å²) in [5.74, 6) is -2.72. The third-order valence-corrected chi connectivity index (χ3v) is 11.9. The number of thiazole rings is 1. The number of anilines is 2. The summed E-state index contributed by atoms with van der Waals surface area (Å²) < 4.78 is 81.8. The van der Waals surface area contributed by atoms with Gasteiger partial charge in [0.15, 0.2) is 22.5 Å². The van der Waals surface area contributed by atoms with E-state index in [0.29, 0.717) is 32.4 Å². The Bertz CT molecular complexity index is 2110. The van der Waals surface area contributed by atoms with Gasteiger partial charge < -0.3 is 24.8 Å². The summed E-state index contributed by atoms with van der Waals surface area (Å²) in [5, 5.41) is 0.0621. The topological polar surface area (TPSA) is 119 Å². The van der Waals surface area contributed by atoms with Crippen LogP contribution in [0.2, 0.25) is 0 Å². The van der Waals surface area contributed by atoms with Crippen LogP contribution in [0.5, 0.6) is 11.8 Å². The molecule has 2 bridgehead atoms. The number of nitrogens with zero attached hydrogens (tertiary/aromatic N) is 6. The lowest BCUT2D eigenvalue weighted by molar-refractivity contribution is 0.00537. The Morgan fingerprint density at radius 1 is 1.10 bits per heavy atom. The van der Waals surface area contributed by atoms with Crippen LogP contribution in [0.1, 0.15) is 52.9 Å². The molecule has 3 unspecified atom stereocenters. The molecule has 2 aromatic carbocycles. The Labute approximate surface area is 294 Å². The molecular formula is C35H37F4N7O4S. The van der Waals surface area contributed by atoms with Crippen LogP contribution in [-0.2, 0) is 4.74 Å². The molecule has 51 heavy (non-hydrogen) atoms. The number of fused-ring (bicyclic) bond motifs is 7. The highest BCUT2D eigenvalue weighted by molar-refractivity contribution is 7.22. The highest BCUT2D eigenvalue weighted by Crippen LogP contribution is 2.49. The average molecular weight is 728 g/mol. The minimum atomic E-state index is -1.03. The number of rotatable bonds is 4. The van der Waals surface area contributed by atoms with Gasteiger partial charge in [0.1, 0.15) is 42.1 Å². The second-order valence-electron chi connectivity index (χ2n) is 15.3. The quantitative estimate of drug-likeness (QED) is 0.243. The predicted molar refractivity (Wildman–Crippen MR) is 182 cm³/mol. The predicted octanol–water partition coefficient (Wildman–Crippen LogP) is 6.21. The van der Waals surface area contributed by atoms with Gasteiger partial charge in [-0.05, 0) is 65.1 Å². The lowest BCUT2D eigenvalue weighted by Crippen LogP contribution is -2.63. The van der Waals surface area contributed by atoms with E-state index >= 15 is 8.78 Å². The van der Waals surface area contributed by atoms with Crippen LogP contribution in [0.3, 0.4) is 0 Å². The summed E-state index contributed by atoms with van der Waals surface area (Å²) in [4.78, 5) is 32.8. The van der Waals surface area contributed by atoms with Crippen LogP contribution < -0.4 is 20.1 Å². The normalized spacial score (nSPS) is 27.1. The number of carbonyl (C=O) groups is 1. The smallest absolute Gasteiger partial charge is 0.410 e. The Kier molecular flexibility index (Phi) is 7.32. The summed E-state index contributed by atoms with van der Waals surface area (Å²) >= 11 is 0.874. The van der Waals surface area contributed by atoms with Crippen molar-refractivity contribution >= 4 is 49.5 Å². The van der Waals surface area contributed by atoms with Crippen molar-refractivity contribution in [2.24, 2.45) is 0 Å². The van der Waals surface area contributed by atoms with E-state index in [4.69, 9.17) is 24.9 Å². The molecule has 0 saturated carbocycles. The molecule has 9 rings (SSSR count). The second-order valence-corrected chi connectivity index (χ2v) is 16.3. The highest BCUT2D eigenvalue weighted by Gasteiger charge is 2.53. The molecule has 0 aliphatic carbocycles. The van der Waals surface area contributed by atoms with E-state index in [1.165, 1.54) is 6.07 Å². The standard InChI is InChI=1S/C35H37F4N7O4S/c1-34(2,3)50-33(47)46-17-5-8-20(46)21-14-48-28-23-27(24(38)22(25(28)39)18-6-7-19(37)29-26(18)41-31(40)51-29)42-32(43-30(23)45(21)13-17)49-15-35-9-4-10-44(35)12-16(36)11-35/h6-7,16-17,20-21H,4-5,8-15H2,1-3H3,(H2,40,41)/t16-,17?,20?,21?,35+/m1/s1. The van der Waals surface area contributed by atoms with Gasteiger partial charge in [-0.3, -0.25) is 9.80 Å². The molecule has 5 aliphatic heterocycles. The molecule has 5 aliphatic rings. The molecule has 16 heteroatoms. The largest absolute Gasteiger partial charge is 0.487 e. The second kappa shape index (κ2) is 11.4. The van der Waals surface area contributed by atoms with Crippen molar-refractivity contribution in [3.8, 4) is 22.9 Å². The van der Waals surface area contributed by atoms with E-state index in [1.54, 1.807) is 25.7 Å². The van der Waals surface area contributed by atoms with Gasteiger partial charge in [-0.1, -0.05) is 11.3 Å². The van der Waals surface area contributed by atoms with Crippen LogP contribution in [0.4, 0.5) is 33.3 Å². The summed E-state index contributed by atoms with van der Waals surface area (Å²) in [6.07, 6.45) is 1.87. The number of halogens is 4. The molecule has 4 aromatic rings. The summed E-state index contributed by atoms with van der Waals surface area (Å²) in [6, 6.07) is 1.12. The molecule has 2 N–H and O–H groups in total. The Morgan fingerprint density at radius 3 is 2.73 bits per heavy atom. The van der Waals surface area contributed by atoms with Crippen molar-refractivity contribution < 1.29 is 36.6 Å². The zero-order chi connectivity index (χ0) is 35.6. The van der Waals surface area contributed by atoms with Crippen molar-refractivity contribution in [2.45, 2.75) is 88.3 Å². The van der Waals surface area contributed by atoms with Gasteiger partial charge in [0.05, 0.1) is 44.8 Å². The molecule has 4 fully saturated rings. The lowest BCUT2D eigenvalue weighted by Gasteiger charge is -2.46. The number of aromatic nitrogens is 3. The third kappa shape index (κ3) is 5.06. The molecule has 0 spiro atoms. The summed E-state index contributed by atoms with van der Waals surface area (Å²) in [5.41, 5.74) is 3.91. The molecule has 5 atom stereocenters. The van der Waals surface area contributed by atoms with Crippen LogP contribution in [0, 0.1) is 17.5 Å². The first-order valence-electron chi connectivity index (χ1n) is 17.3. The minimum Gasteiger partial charge on any atom is -0.487 e. The van der Waals surface area contributed by atoms with Crippen LogP contribution in [-0.4, -0.2) is 99.1 Å². The van der Waals surface area contributed by atoms with Crippen molar-refractivity contribution in [3.05, 3.63) is 29.6 Å². The number of piperazine rings is 1. The van der Waals surface area contributed by atoms with Gasteiger partial charge in [-0.15, -0.1) is 0 Å². The van der Waals surface area contributed by atoms with Crippen LogP contribution >= 0.6 is 11.3 Å². The first-order valence-corrected chi connectivity index (χ1v) is 18.1. The van der Waals surface area contributed by atoms with E-state index in [0.717, 1.165) is 36.8 Å². The van der Waals surface area contributed by atoms with Gasteiger partial charge in [-0.25, -0.2) is 27.3 Å². The van der Waals surface area contributed by atoms with Crippen molar-refractivity contribution in [1.82, 2.24) is 24.8 Å². The number of amides is 1. The third-order valence-electron chi connectivity index (χ3n) is 11.0. The Balaban J connectivity index is 1.20. The van der Waals surface area contributed by atoms with Crippen molar-refractivity contribution in [2.75, 3.05) is 43.5 Å². The zero-order valence-corrected chi connectivity index (χ0v) is 29.2. The van der Waals surface area contributed by atoms with Gasteiger partial charge in [0, 0.05) is 25.1 Å². The van der Waals surface area contributed by atoms with Crippen LogP contribution in [0.15, 0.2) is 12.1 Å². The van der Waals surface area contributed by atoms with E-state index in [2.05, 4.69) is 14.9 Å². The number of nitrogen functional groups attached to an aromatic ring is 1. The Hall–Kier alpha value is -4.18. The molecule has 2 aromatic heterocycles. The van der Waals surface area contributed by atoms with Gasteiger partial charge >= 0.3 is 12.1 Å². The van der Waals surface area contributed by atoms with E-state index in [9.17, 15) is 13.6 Å². The zero-order valence-electron chi connectivity index (χ0n) is 28.3. The molecule has 1 amide bonds. The Morgan fingerprint density at radius 2 is 1.92 bits per heavy atom. The average Bonchev–Trinajstić information content (AvgIpc) is 3.78. The molecule has 270 valence electrons. The maximum Gasteiger partial charge on any atom is 0.410 e. The highest BCUT2D eigenvalue weighted by atomic mass is 32.1. The number of hydrogen-bond donors (Lipinski definition) is 1. The SMILES string of the molecule is CC(C)(C)OC(=O)N1C2CCC1C1COc3c(F)c(-c4ccc(F)c5sc(N)nc45)c(F)c4nc(OC[C@@]56CCCN5C[C@H](F)C6)nc(c34)N1C2. The first kappa shape index (κ1) is 32.7. The molecule has 4 saturated heterocycles. The molecule has 0 radical (unpaired) electrons. The van der Waals surface area contributed by atoms with Crippen molar-refractivity contribution in [3.63, 3.8) is 0 Å². The summed E-state index contributed by atoms with van der Waals surface area (Å²) in [7, 11) is 0.